The van der Waals surface area contributed by atoms with E-state index in [4.69, 9.17) is 5.26 Å². The van der Waals surface area contributed by atoms with Crippen LogP contribution in [0.4, 0.5) is 0 Å². The summed E-state index contributed by atoms with van der Waals surface area (Å²) in [5.41, 5.74) is 2.24. The predicted octanol–water partition coefficient (Wildman–Crippen LogP) is 6.44. The molecule has 0 amide bonds. The Morgan fingerprint density at radius 1 is 0.870 bits per heavy atom. The van der Waals surface area contributed by atoms with Crippen molar-refractivity contribution in [3.05, 3.63) is 35.4 Å². The van der Waals surface area contributed by atoms with Crippen LogP contribution in [0, 0.1) is 29.1 Å². The first-order chi connectivity index (χ1) is 11.3. The summed E-state index contributed by atoms with van der Waals surface area (Å²) in [5, 5.41) is 8.92. The standard InChI is InChI=1S/C22H31N/c1-2-3-17-4-8-19(9-5-17)21-12-14-22(15-13-21)20-10-6-18(16-23)7-11-20/h6-7,10-11,17,19,21-22H,2-5,8-9,12-15H2,1H3/t17-,19-,21?,22?. The smallest absolute Gasteiger partial charge is 0.0991 e. The summed E-state index contributed by atoms with van der Waals surface area (Å²) in [4.78, 5) is 0. The summed E-state index contributed by atoms with van der Waals surface area (Å²) in [6, 6.07) is 10.5. The van der Waals surface area contributed by atoms with Crippen molar-refractivity contribution in [1.29, 1.82) is 5.26 Å². The maximum Gasteiger partial charge on any atom is 0.0991 e. The van der Waals surface area contributed by atoms with Gasteiger partial charge in [0.05, 0.1) is 11.6 Å². The van der Waals surface area contributed by atoms with Crippen LogP contribution >= 0.6 is 0 Å². The maximum absolute atomic E-state index is 8.92. The Hall–Kier alpha value is -1.29. The Balaban J connectivity index is 1.48. The van der Waals surface area contributed by atoms with Crippen LogP contribution in [0.15, 0.2) is 24.3 Å². The summed E-state index contributed by atoms with van der Waals surface area (Å²) >= 11 is 0. The van der Waals surface area contributed by atoms with Gasteiger partial charge in [-0.05, 0) is 79.9 Å². The van der Waals surface area contributed by atoms with Gasteiger partial charge < -0.3 is 0 Å². The molecule has 2 aliphatic rings. The van der Waals surface area contributed by atoms with E-state index in [1.165, 1.54) is 69.8 Å². The molecule has 23 heavy (non-hydrogen) atoms. The van der Waals surface area contributed by atoms with Gasteiger partial charge in [0.15, 0.2) is 0 Å². The van der Waals surface area contributed by atoms with Crippen LogP contribution in [0.3, 0.4) is 0 Å². The lowest BCUT2D eigenvalue weighted by molar-refractivity contribution is 0.156. The molecule has 0 N–H and O–H groups in total. The van der Waals surface area contributed by atoms with E-state index in [1.54, 1.807) is 0 Å². The molecule has 0 spiro atoms. The molecule has 1 aromatic rings. The molecule has 0 saturated heterocycles. The molecule has 0 aliphatic heterocycles. The lowest BCUT2D eigenvalue weighted by Crippen LogP contribution is -2.25. The number of hydrogen-bond acceptors (Lipinski definition) is 1. The largest absolute Gasteiger partial charge is 0.192 e. The first-order valence-electron chi connectivity index (χ1n) is 9.80. The van der Waals surface area contributed by atoms with Gasteiger partial charge in [-0.1, -0.05) is 44.7 Å². The molecule has 124 valence electrons. The topological polar surface area (TPSA) is 23.8 Å². The van der Waals surface area contributed by atoms with Gasteiger partial charge in [-0.3, -0.25) is 0 Å². The molecule has 0 bridgehead atoms. The van der Waals surface area contributed by atoms with Crippen molar-refractivity contribution in [2.75, 3.05) is 0 Å². The first kappa shape index (κ1) is 16.6. The zero-order valence-electron chi connectivity index (χ0n) is 14.6. The third kappa shape index (κ3) is 4.17. The lowest BCUT2D eigenvalue weighted by Gasteiger charge is -2.38. The second-order valence-electron chi connectivity index (χ2n) is 7.91. The predicted molar refractivity (Wildman–Crippen MR) is 96.2 cm³/mol. The molecule has 0 radical (unpaired) electrons. The lowest BCUT2D eigenvalue weighted by atomic mass is 9.68. The van der Waals surface area contributed by atoms with Crippen molar-refractivity contribution in [2.45, 2.75) is 77.0 Å². The average molecular weight is 309 g/mol. The second kappa shape index (κ2) is 8.00. The average Bonchev–Trinajstić information content (AvgIpc) is 2.63. The van der Waals surface area contributed by atoms with E-state index in [-0.39, 0.29) is 0 Å². The fraction of sp³-hybridized carbons (Fsp3) is 0.682. The van der Waals surface area contributed by atoms with Gasteiger partial charge in [0.1, 0.15) is 0 Å². The summed E-state index contributed by atoms with van der Waals surface area (Å²) in [7, 11) is 0. The fourth-order valence-corrected chi connectivity index (χ4v) is 5.11. The third-order valence-electron chi connectivity index (χ3n) is 6.54. The Labute approximate surface area is 142 Å². The number of nitrogens with zero attached hydrogens (tertiary/aromatic N) is 1. The Kier molecular flexibility index (Phi) is 5.76. The molecular formula is C22H31N. The van der Waals surface area contributed by atoms with Crippen LogP contribution in [0.1, 0.15) is 88.2 Å². The van der Waals surface area contributed by atoms with Crippen molar-refractivity contribution in [1.82, 2.24) is 0 Å². The molecule has 1 nitrogen and oxygen atoms in total. The van der Waals surface area contributed by atoms with Crippen LogP contribution in [0.5, 0.6) is 0 Å². The minimum Gasteiger partial charge on any atom is -0.192 e. The van der Waals surface area contributed by atoms with Crippen molar-refractivity contribution >= 4 is 0 Å². The van der Waals surface area contributed by atoms with E-state index >= 15 is 0 Å². The van der Waals surface area contributed by atoms with Gasteiger partial charge in [0, 0.05) is 0 Å². The van der Waals surface area contributed by atoms with E-state index in [0.29, 0.717) is 0 Å². The highest BCUT2D eigenvalue weighted by Crippen LogP contribution is 2.44. The van der Waals surface area contributed by atoms with Crippen molar-refractivity contribution in [3.8, 4) is 6.07 Å². The highest BCUT2D eigenvalue weighted by Gasteiger charge is 2.30. The molecule has 0 atom stereocenters. The minimum atomic E-state index is 0.732. The molecule has 3 rings (SSSR count). The Morgan fingerprint density at radius 2 is 1.43 bits per heavy atom. The highest BCUT2D eigenvalue weighted by atomic mass is 14.4. The summed E-state index contributed by atoms with van der Waals surface area (Å²) in [6.45, 7) is 2.33. The van der Waals surface area contributed by atoms with Crippen LogP contribution < -0.4 is 0 Å². The summed E-state index contributed by atoms with van der Waals surface area (Å²) < 4.78 is 0. The number of benzene rings is 1. The summed E-state index contributed by atoms with van der Waals surface area (Å²) in [6.07, 6.45) is 14.4. The normalized spacial score (nSPS) is 31.5. The number of hydrogen-bond donors (Lipinski definition) is 0. The molecule has 2 aliphatic carbocycles. The van der Waals surface area contributed by atoms with E-state index in [1.807, 2.05) is 12.1 Å². The summed E-state index contributed by atoms with van der Waals surface area (Å²) in [5.74, 6) is 3.78. The van der Waals surface area contributed by atoms with E-state index in [2.05, 4.69) is 25.1 Å². The minimum absolute atomic E-state index is 0.732. The van der Waals surface area contributed by atoms with Gasteiger partial charge in [-0.2, -0.15) is 5.26 Å². The number of rotatable bonds is 4. The van der Waals surface area contributed by atoms with Crippen LogP contribution in [0.25, 0.3) is 0 Å². The molecule has 0 unspecified atom stereocenters. The first-order valence-corrected chi connectivity index (χ1v) is 9.80. The molecule has 2 saturated carbocycles. The third-order valence-corrected chi connectivity index (χ3v) is 6.54. The fourth-order valence-electron chi connectivity index (χ4n) is 5.11. The highest BCUT2D eigenvalue weighted by molar-refractivity contribution is 5.33. The number of nitriles is 1. The molecule has 2 fully saturated rings. The molecular weight excluding hydrogens is 278 g/mol. The zero-order chi connectivity index (χ0) is 16.1. The van der Waals surface area contributed by atoms with Gasteiger partial charge in [0.25, 0.3) is 0 Å². The quantitative estimate of drug-likeness (QED) is 0.628. The van der Waals surface area contributed by atoms with Crippen molar-refractivity contribution in [2.24, 2.45) is 17.8 Å². The molecule has 1 heteroatoms. The monoisotopic (exact) mass is 309 g/mol. The van der Waals surface area contributed by atoms with E-state index in [0.717, 1.165) is 29.2 Å². The van der Waals surface area contributed by atoms with Crippen molar-refractivity contribution in [3.63, 3.8) is 0 Å². The maximum atomic E-state index is 8.92. The van der Waals surface area contributed by atoms with Crippen LogP contribution in [0.2, 0.25) is 0 Å². The van der Waals surface area contributed by atoms with Crippen LogP contribution in [-0.2, 0) is 0 Å². The second-order valence-corrected chi connectivity index (χ2v) is 7.91. The molecule has 0 aromatic heterocycles. The van der Waals surface area contributed by atoms with Crippen LogP contribution in [-0.4, -0.2) is 0 Å². The van der Waals surface area contributed by atoms with Gasteiger partial charge in [-0.25, -0.2) is 0 Å². The molecule has 0 heterocycles. The zero-order valence-corrected chi connectivity index (χ0v) is 14.6. The van der Waals surface area contributed by atoms with Crippen molar-refractivity contribution < 1.29 is 0 Å². The molecule has 1 aromatic carbocycles. The van der Waals surface area contributed by atoms with Gasteiger partial charge >= 0.3 is 0 Å². The van der Waals surface area contributed by atoms with E-state index < -0.39 is 0 Å². The Bertz CT molecular complexity index is 508. The van der Waals surface area contributed by atoms with Gasteiger partial charge in [-0.15, -0.1) is 0 Å². The Morgan fingerprint density at radius 3 is 1.96 bits per heavy atom. The van der Waals surface area contributed by atoms with E-state index in [9.17, 15) is 0 Å². The SMILES string of the molecule is CCC[C@H]1CC[C@H](C2CCC(c3ccc(C#N)cc3)CC2)CC1. The van der Waals surface area contributed by atoms with Gasteiger partial charge in [0.2, 0.25) is 0 Å².